The van der Waals surface area contributed by atoms with Crippen LogP contribution in [-0.2, 0) is 6.42 Å². The zero-order valence-corrected chi connectivity index (χ0v) is 13.2. The Morgan fingerprint density at radius 1 is 0.958 bits per heavy atom. The molecule has 5 heteroatoms. The average molecular weight is 315 g/mol. The first kappa shape index (κ1) is 13.5. The summed E-state index contributed by atoms with van der Waals surface area (Å²) in [5, 5.41) is 12.4. The fourth-order valence-electron chi connectivity index (χ4n) is 3.08. The highest BCUT2D eigenvalue weighted by Crippen LogP contribution is 2.31. The van der Waals surface area contributed by atoms with E-state index < -0.39 is 0 Å². The number of aromatic nitrogens is 3. The molecule has 0 saturated heterocycles. The van der Waals surface area contributed by atoms with Gasteiger partial charge in [0.05, 0.1) is 23.8 Å². The SMILES string of the molecule is c1ccc(-c2nnc3n2-c2ccccc2NC(=NC2CC2)C3)cc1. The third-order valence-electron chi connectivity index (χ3n) is 4.40. The Morgan fingerprint density at radius 3 is 2.58 bits per heavy atom. The van der Waals surface area contributed by atoms with Crippen LogP contribution in [0.2, 0.25) is 0 Å². The summed E-state index contributed by atoms with van der Waals surface area (Å²) >= 11 is 0. The molecule has 1 aliphatic heterocycles. The molecule has 3 aromatic rings. The molecule has 0 spiro atoms. The van der Waals surface area contributed by atoms with Crippen LogP contribution in [0.15, 0.2) is 59.6 Å². The number of para-hydroxylation sites is 2. The van der Waals surface area contributed by atoms with Gasteiger partial charge in [0.15, 0.2) is 5.82 Å². The Bertz CT molecular complexity index is 922. The standard InChI is InChI=1S/C19H17N5/c1-2-6-13(7-3-1)19-23-22-18-12-17(20-14-10-11-14)21-15-8-4-5-9-16(15)24(18)19/h1-9,14H,10-12H2,(H,20,21). The van der Waals surface area contributed by atoms with Crippen molar-refractivity contribution in [1.82, 2.24) is 14.8 Å². The third-order valence-corrected chi connectivity index (χ3v) is 4.40. The van der Waals surface area contributed by atoms with Gasteiger partial charge in [0.2, 0.25) is 0 Å². The Kier molecular flexibility index (Phi) is 2.98. The molecule has 1 aliphatic carbocycles. The lowest BCUT2D eigenvalue weighted by molar-refractivity contribution is 0.940. The molecule has 0 amide bonds. The summed E-state index contributed by atoms with van der Waals surface area (Å²) in [5.74, 6) is 2.77. The predicted molar refractivity (Wildman–Crippen MR) is 94.6 cm³/mol. The monoisotopic (exact) mass is 315 g/mol. The van der Waals surface area contributed by atoms with Crippen LogP contribution in [0.5, 0.6) is 0 Å². The fraction of sp³-hybridized carbons (Fsp3) is 0.211. The number of nitrogens with one attached hydrogen (secondary N) is 1. The van der Waals surface area contributed by atoms with E-state index in [1.54, 1.807) is 0 Å². The second-order valence-electron chi connectivity index (χ2n) is 6.27. The second-order valence-corrected chi connectivity index (χ2v) is 6.27. The summed E-state index contributed by atoms with van der Waals surface area (Å²) in [6, 6.07) is 18.9. The van der Waals surface area contributed by atoms with Crippen LogP contribution >= 0.6 is 0 Å². The van der Waals surface area contributed by atoms with Gasteiger partial charge in [0, 0.05) is 5.56 Å². The normalized spacial score (nSPS) is 17.8. The number of hydrogen-bond donors (Lipinski definition) is 1. The maximum atomic E-state index is 4.81. The molecule has 24 heavy (non-hydrogen) atoms. The third kappa shape index (κ3) is 2.29. The fourth-order valence-corrected chi connectivity index (χ4v) is 3.08. The number of fused-ring (bicyclic) bond motifs is 3. The number of aliphatic imine (C=N–C) groups is 1. The van der Waals surface area contributed by atoms with E-state index in [9.17, 15) is 0 Å². The summed E-state index contributed by atoms with van der Waals surface area (Å²) in [6.07, 6.45) is 3.05. The molecular weight excluding hydrogens is 298 g/mol. The highest BCUT2D eigenvalue weighted by atomic mass is 15.3. The number of anilines is 1. The molecule has 0 bridgehead atoms. The molecule has 1 N–H and O–H groups in total. The van der Waals surface area contributed by atoms with E-state index in [4.69, 9.17) is 4.99 Å². The van der Waals surface area contributed by atoms with Crippen molar-refractivity contribution in [3.63, 3.8) is 0 Å². The lowest BCUT2D eigenvalue weighted by atomic mass is 10.2. The molecule has 5 rings (SSSR count). The van der Waals surface area contributed by atoms with Gasteiger partial charge >= 0.3 is 0 Å². The highest BCUT2D eigenvalue weighted by molar-refractivity contribution is 5.99. The van der Waals surface area contributed by atoms with Gasteiger partial charge < -0.3 is 5.32 Å². The van der Waals surface area contributed by atoms with Gasteiger partial charge in [-0.15, -0.1) is 10.2 Å². The Balaban J connectivity index is 1.71. The van der Waals surface area contributed by atoms with E-state index in [1.165, 1.54) is 12.8 Å². The minimum atomic E-state index is 0.475. The van der Waals surface area contributed by atoms with Crippen molar-refractivity contribution in [1.29, 1.82) is 0 Å². The van der Waals surface area contributed by atoms with Crippen LogP contribution in [0, 0.1) is 0 Å². The molecule has 2 aliphatic rings. The minimum absolute atomic E-state index is 0.475. The summed E-state index contributed by atoms with van der Waals surface area (Å²) < 4.78 is 2.15. The molecule has 5 nitrogen and oxygen atoms in total. The molecule has 118 valence electrons. The summed E-state index contributed by atoms with van der Waals surface area (Å²) in [6.45, 7) is 0. The molecule has 0 atom stereocenters. The zero-order chi connectivity index (χ0) is 15.9. The van der Waals surface area contributed by atoms with Crippen molar-refractivity contribution in [3.05, 3.63) is 60.4 Å². The number of nitrogens with zero attached hydrogens (tertiary/aromatic N) is 4. The predicted octanol–water partition coefficient (Wildman–Crippen LogP) is 3.46. The maximum Gasteiger partial charge on any atom is 0.168 e. The quantitative estimate of drug-likeness (QED) is 0.788. The lowest BCUT2D eigenvalue weighted by Crippen LogP contribution is -2.15. The molecule has 0 unspecified atom stereocenters. The summed E-state index contributed by atoms with van der Waals surface area (Å²) in [4.78, 5) is 4.81. The molecule has 1 fully saturated rings. The van der Waals surface area contributed by atoms with Gasteiger partial charge in [-0.05, 0) is 25.0 Å². The van der Waals surface area contributed by atoms with Gasteiger partial charge in [-0.25, -0.2) is 0 Å². The molecular formula is C19H17N5. The molecule has 1 saturated carbocycles. The van der Waals surface area contributed by atoms with Crippen molar-refractivity contribution >= 4 is 11.5 Å². The Hall–Kier alpha value is -2.95. The van der Waals surface area contributed by atoms with Crippen molar-refractivity contribution in [2.45, 2.75) is 25.3 Å². The first-order chi connectivity index (χ1) is 11.9. The Morgan fingerprint density at radius 2 is 1.75 bits per heavy atom. The van der Waals surface area contributed by atoms with Crippen LogP contribution in [0.4, 0.5) is 5.69 Å². The van der Waals surface area contributed by atoms with E-state index in [0.29, 0.717) is 12.5 Å². The largest absolute Gasteiger partial charge is 0.342 e. The Labute approximate surface area is 140 Å². The van der Waals surface area contributed by atoms with Gasteiger partial charge in [0.1, 0.15) is 11.7 Å². The topological polar surface area (TPSA) is 55.1 Å². The van der Waals surface area contributed by atoms with Crippen molar-refractivity contribution < 1.29 is 0 Å². The zero-order valence-electron chi connectivity index (χ0n) is 13.2. The first-order valence-electron chi connectivity index (χ1n) is 8.31. The average Bonchev–Trinajstić information content (AvgIpc) is 3.36. The summed E-state index contributed by atoms with van der Waals surface area (Å²) in [5.41, 5.74) is 3.18. The number of hydrogen-bond acceptors (Lipinski definition) is 3. The van der Waals surface area contributed by atoms with E-state index in [2.05, 4.69) is 44.3 Å². The molecule has 1 aromatic heterocycles. The van der Waals surface area contributed by atoms with E-state index in [-0.39, 0.29) is 0 Å². The van der Waals surface area contributed by atoms with Crippen LogP contribution in [-0.4, -0.2) is 26.6 Å². The number of amidine groups is 1. The van der Waals surface area contributed by atoms with Gasteiger partial charge in [-0.3, -0.25) is 9.56 Å². The van der Waals surface area contributed by atoms with E-state index in [1.807, 2.05) is 30.3 Å². The van der Waals surface area contributed by atoms with Crippen molar-refractivity contribution in [2.24, 2.45) is 4.99 Å². The highest BCUT2D eigenvalue weighted by Gasteiger charge is 2.26. The second kappa shape index (κ2) is 5.30. The molecule has 2 heterocycles. The molecule has 2 aromatic carbocycles. The molecule has 0 radical (unpaired) electrons. The van der Waals surface area contributed by atoms with Crippen molar-refractivity contribution in [2.75, 3.05) is 5.32 Å². The van der Waals surface area contributed by atoms with Gasteiger partial charge in [-0.1, -0.05) is 42.5 Å². The smallest absolute Gasteiger partial charge is 0.168 e. The lowest BCUT2D eigenvalue weighted by Gasteiger charge is -2.11. The number of benzene rings is 2. The van der Waals surface area contributed by atoms with Gasteiger partial charge in [0.25, 0.3) is 0 Å². The van der Waals surface area contributed by atoms with Crippen LogP contribution in [0.3, 0.4) is 0 Å². The first-order valence-corrected chi connectivity index (χ1v) is 8.31. The van der Waals surface area contributed by atoms with E-state index in [0.717, 1.165) is 34.4 Å². The van der Waals surface area contributed by atoms with Crippen LogP contribution < -0.4 is 5.32 Å². The minimum Gasteiger partial charge on any atom is -0.342 e. The van der Waals surface area contributed by atoms with Gasteiger partial charge in [-0.2, -0.15) is 0 Å². The number of rotatable bonds is 2. The van der Waals surface area contributed by atoms with Crippen LogP contribution in [0.25, 0.3) is 17.1 Å². The van der Waals surface area contributed by atoms with E-state index >= 15 is 0 Å². The summed E-state index contributed by atoms with van der Waals surface area (Å²) in [7, 11) is 0. The van der Waals surface area contributed by atoms with Crippen LogP contribution in [0.1, 0.15) is 18.7 Å². The van der Waals surface area contributed by atoms with Crippen molar-refractivity contribution in [3.8, 4) is 17.1 Å². The maximum absolute atomic E-state index is 4.81.